The SMILES string of the molecule is COc1cc([C@@H]2c3sc(=O)[nH]c3S[C@H]3[C@@H]4CC[C@H](C4)[C@@H]23)ccc1O. The van der Waals surface area contributed by atoms with Gasteiger partial charge >= 0.3 is 4.87 Å². The lowest BCUT2D eigenvalue weighted by molar-refractivity contribution is 0.306. The fraction of sp³-hybridized carbons (Fsp3) is 0.500. The topological polar surface area (TPSA) is 62.3 Å². The number of thiazole rings is 1. The van der Waals surface area contributed by atoms with E-state index in [0.717, 1.165) is 22.4 Å². The molecule has 0 spiro atoms. The highest BCUT2D eigenvalue weighted by molar-refractivity contribution is 8.00. The van der Waals surface area contributed by atoms with Crippen molar-refractivity contribution in [1.29, 1.82) is 0 Å². The third kappa shape index (κ3) is 2.02. The molecule has 24 heavy (non-hydrogen) atoms. The first kappa shape index (κ1) is 14.9. The van der Waals surface area contributed by atoms with Gasteiger partial charge in [-0.05, 0) is 54.7 Å². The normalized spacial score (nSPS) is 33.3. The minimum Gasteiger partial charge on any atom is -0.504 e. The highest BCUT2D eigenvalue weighted by Crippen LogP contribution is 2.63. The van der Waals surface area contributed by atoms with Gasteiger partial charge in [0.1, 0.15) is 0 Å². The summed E-state index contributed by atoms with van der Waals surface area (Å²) in [6.07, 6.45) is 3.97. The molecule has 0 saturated heterocycles. The number of nitrogens with one attached hydrogen (secondary N) is 1. The van der Waals surface area contributed by atoms with Crippen LogP contribution in [0.5, 0.6) is 11.5 Å². The van der Waals surface area contributed by atoms with Gasteiger partial charge in [0.05, 0.1) is 12.1 Å². The molecule has 1 aromatic carbocycles. The largest absolute Gasteiger partial charge is 0.504 e. The summed E-state index contributed by atoms with van der Waals surface area (Å²) in [6.45, 7) is 0. The fourth-order valence-electron chi connectivity index (χ4n) is 5.11. The maximum atomic E-state index is 12.0. The van der Waals surface area contributed by atoms with Crippen molar-refractivity contribution in [2.45, 2.75) is 35.5 Å². The van der Waals surface area contributed by atoms with E-state index < -0.39 is 0 Å². The Morgan fingerprint density at radius 3 is 2.96 bits per heavy atom. The molecule has 6 heteroatoms. The van der Waals surface area contributed by atoms with E-state index >= 15 is 0 Å². The van der Waals surface area contributed by atoms with Gasteiger partial charge in [0.15, 0.2) is 11.5 Å². The van der Waals surface area contributed by atoms with E-state index in [1.165, 1.54) is 35.5 Å². The number of hydrogen-bond donors (Lipinski definition) is 2. The molecule has 2 aromatic rings. The number of aromatic hydroxyl groups is 1. The molecule has 0 amide bonds. The van der Waals surface area contributed by atoms with Crippen LogP contribution in [0.2, 0.25) is 0 Å². The quantitative estimate of drug-likeness (QED) is 0.854. The van der Waals surface area contributed by atoms with Crippen molar-refractivity contribution in [3.8, 4) is 11.5 Å². The number of hydrogen-bond acceptors (Lipinski definition) is 5. The molecule has 0 radical (unpaired) electrons. The number of methoxy groups -OCH3 is 1. The maximum Gasteiger partial charge on any atom is 0.305 e. The van der Waals surface area contributed by atoms with Crippen LogP contribution in [0.25, 0.3) is 0 Å². The van der Waals surface area contributed by atoms with Crippen molar-refractivity contribution in [3.05, 3.63) is 38.3 Å². The Morgan fingerprint density at radius 1 is 1.29 bits per heavy atom. The molecule has 0 unspecified atom stereocenters. The molecule has 2 saturated carbocycles. The number of ether oxygens (including phenoxy) is 1. The minimum atomic E-state index is 0.0376. The number of phenols is 1. The number of H-pyrrole nitrogens is 1. The van der Waals surface area contributed by atoms with E-state index in [-0.39, 0.29) is 16.5 Å². The Labute approximate surface area is 148 Å². The molecule has 1 aliphatic heterocycles. The zero-order valence-electron chi connectivity index (χ0n) is 13.3. The van der Waals surface area contributed by atoms with Gasteiger partial charge in [-0.15, -0.1) is 11.8 Å². The molecule has 2 N–H and O–H groups in total. The van der Waals surface area contributed by atoms with Crippen LogP contribution in [0.15, 0.2) is 28.0 Å². The molecule has 2 bridgehead atoms. The fourth-order valence-corrected chi connectivity index (χ4v) is 8.00. The van der Waals surface area contributed by atoms with E-state index in [2.05, 4.69) is 4.98 Å². The second kappa shape index (κ2) is 5.30. The average molecular weight is 361 g/mol. The van der Waals surface area contributed by atoms with E-state index in [4.69, 9.17) is 4.74 Å². The van der Waals surface area contributed by atoms with Crippen LogP contribution in [0.4, 0.5) is 0 Å². The molecule has 2 fully saturated rings. The van der Waals surface area contributed by atoms with Gasteiger partial charge in [-0.2, -0.15) is 0 Å². The lowest BCUT2D eigenvalue weighted by atomic mass is 9.75. The van der Waals surface area contributed by atoms with Gasteiger partial charge in [-0.25, -0.2) is 0 Å². The van der Waals surface area contributed by atoms with E-state index in [1.54, 1.807) is 13.2 Å². The number of rotatable bonds is 2. The summed E-state index contributed by atoms with van der Waals surface area (Å²) < 4.78 is 5.32. The molecule has 1 aromatic heterocycles. The number of fused-ring (bicyclic) bond motifs is 6. The minimum absolute atomic E-state index is 0.0376. The van der Waals surface area contributed by atoms with Gasteiger partial charge in [0.2, 0.25) is 0 Å². The third-order valence-corrected chi connectivity index (χ3v) is 8.65. The number of phenolic OH excluding ortho intramolecular Hbond substituents is 1. The first-order valence-corrected chi connectivity index (χ1v) is 10.1. The smallest absolute Gasteiger partial charge is 0.305 e. The van der Waals surface area contributed by atoms with Gasteiger partial charge in [-0.1, -0.05) is 17.4 Å². The highest BCUT2D eigenvalue weighted by atomic mass is 32.2. The zero-order chi connectivity index (χ0) is 16.4. The van der Waals surface area contributed by atoms with Crippen molar-refractivity contribution in [1.82, 2.24) is 4.98 Å². The summed E-state index contributed by atoms with van der Waals surface area (Å²) in [5, 5.41) is 11.6. The summed E-state index contributed by atoms with van der Waals surface area (Å²) in [6, 6.07) is 5.66. The van der Waals surface area contributed by atoms with E-state index in [9.17, 15) is 9.90 Å². The molecule has 2 heterocycles. The molecular formula is C18H19NO3S2. The van der Waals surface area contributed by atoms with Crippen LogP contribution in [0.3, 0.4) is 0 Å². The van der Waals surface area contributed by atoms with Gasteiger partial charge in [0.25, 0.3) is 0 Å². The molecule has 3 aliphatic rings. The third-order valence-electron chi connectivity index (χ3n) is 6.03. The van der Waals surface area contributed by atoms with Crippen LogP contribution < -0.4 is 9.61 Å². The van der Waals surface area contributed by atoms with Crippen molar-refractivity contribution < 1.29 is 9.84 Å². The van der Waals surface area contributed by atoms with Crippen LogP contribution in [0.1, 0.15) is 35.6 Å². The first-order chi connectivity index (χ1) is 11.7. The lowest BCUT2D eigenvalue weighted by Gasteiger charge is -2.40. The van der Waals surface area contributed by atoms with E-state index in [1.807, 2.05) is 23.9 Å². The Bertz CT molecular complexity index is 858. The standard InChI is InChI=1S/C18H19NO3S2/c1-22-12-7-9(4-5-11(12)20)14-13-8-2-3-10(6-8)15(13)23-17-16(14)24-18(21)19-17/h4-5,7-8,10,13-15,20H,2-3,6H2,1H3,(H,19,21)/t8-,10-,13+,14+,15+/m1/s1. The van der Waals surface area contributed by atoms with Gasteiger partial charge in [0, 0.05) is 16.0 Å². The summed E-state index contributed by atoms with van der Waals surface area (Å²) >= 11 is 3.25. The Morgan fingerprint density at radius 2 is 2.12 bits per heavy atom. The average Bonchev–Trinajstić information content (AvgIpc) is 3.26. The maximum absolute atomic E-state index is 12.0. The Balaban J connectivity index is 1.68. The van der Waals surface area contributed by atoms with Crippen LogP contribution >= 0.6 is 23.1 Å². The highest BCUT2D eigenvalue weighted by Gasteiger charge is 2.54. The first-order valence-electron chi connectivity index (χ1n) is 8.42. The van der Waals surface area contributed by atoms with Crippen LogP contribution in [-0.2, 0) is 0 Å². The van der Waals surface area contributed by atoms with Crippen molar-refractivity contribution in [2.24, 2.45) is 17.8 Å². The number of aromatic amines is 1. The van der Waals surface area contributed by atoms with Crippen molar-refractivity contribution >= 4 is 23.1 Å². The predicted octanol–water partition coefficient (Wildman–Crippen LogP) is 3.80. The lowest BCUT2D eigenvalue weighted by Crippen LogP contribution is -2.33. The van der Waals surface area contributed by atoms with Crippen molar-refractivity contribution in [2.75, 3.05) is 7.11 Å². The zero-order valence-corrected chi connectivity index (χ0v) is 15.0. The molecule has 5 atom stereocenters. The molecule has 2 aliphatic carbocycles. The van der Waals surface area contributed by atoms with Gasteiger partial charge < -0.3 is 14.8 Å². The molecule has 5 rings (SSSR count). The van der Waals surface area contributed by atoms with Crippen molar-refractivity contribution in [3.63, 3.8) is 0 Å². The number of benzene rings is 1. The summed E-state index contributed by atoms with van der Waals surface area (Å²) in [7, 11) is 1.58. The van der Waals surface area contributed by atoms with Crippen LogP contribution in [-0.4, -0.2) is 22.5 Å². The summed E-state index contributed by atoms with van der Waals surface area (Å²) in [5.74, 6) is 3.03. The summed E-state index contributed by atoms with van der Waals surface area (Å²) in [5.41, 5.74) is 1.16. The summed E-state index contributed by atoms with van der Waals surface area (Å²) in [4.78, 5) is 16.3. The second-order valence-electron chi connectivity index (χ2n) is 7.11. The molecular weight excluding hydrogens is 342 g/mol. The predicted molar refractivity (Wildman–Crippen MR) is 95.4 cm³/mol. The van der Waals surface area contributed by atoms with E-state index in [0.29, 0.717) is 16.9 Å². The number of aromatic nitrogens is 1. The Hall–Kier alpha value is -1.40. The molecule has 4 nitrogen and oxygen atoms in total. The van der Waals surface area contributed by atoms with Crippen LogP contribution in [0, 0.1) is 17.8 Å². The van der Waals surface area contributed by atoms with Gasteiger partial charge in [-0.3, -0.25) is 4.79 Å². The molecule has 126 valence electrons. The Kier molecular flexibility index (Phi) is 3.29. The monoisotopic (exact) mass is 361 g/mol. The number of thioether (sulfide) groups is 1. The second-order valence-corrected chi connectivity index (χ2v) is 9.31.